The van der Waals surface area contributed by atoms with Crippen molar-refractivity contribution >= 4 is 40.1 Å². The molecule has 4 nitrogen and oxygen atoms in total. The molecule has 0 saturated heterocycles. The molecule has 0 aliphatic heterocycles. The molecule has 1 atom stereocenters. The molecular formula is C20H28N4S2. The molecule has 26 heavy (non-hydrogen) atoms. The van der Waals surface area contributed by atoms with Crippen LogP contribution in [-0.2, 0) is 0 Å². The number of aliphatic imine (C=N–C) groups is 1. The minimum absolute atomic E-state index is 0.0537. The Balaban J connectivity index is 1.46. The van der Waals surface area contributed by atoms with E-state index in [1.807, 2.05) is 60.7 Å². The number of nitrogens with zero attached hydrogens (tertiary/aromatic N) is 1. The SMILES string of the molecule is NC(=Nc1ccccc1)SCCCCCCSC(N)Nc1ccccc1. The second-order valence-electron chi connectivity index (χ2n) is 5.85. The molecule has 140 valence electrons. The van der Waals surface area contributed by atoms with Crippen LogP contribution < -0.4 is 16.8 Å². The summed E-state index contributed by atoms with van der Waals surface area (Å²) in [6.45, 7) is 0. The number of hydrogen-bond donors (Lipinski definition) is 3. The maximum Gasteiger partial charge on any atom is 0.159 e. The first-order valence-electron chi connectivity index (χ1n) is 8.95. The van der Waals surface area contributed by atoms with Gasteiger partial charge in [-0.05, 0) is 42.9 Å². The highest BCUT2D eigenvalue weighted by molar-refractivity contribution is 8.13. The Hall–Kier alpha value is -1.63. The second-order valence-corrected chi connectivity index (χ2v) is 8.21. The minimum Gasteiger partial charge on any atom is -0.378 e. The molecule has 0 radical (unpaired) electrons. The Labute approximate surface area is 165 Å². The van der Waals surface area contributed by atoms with E-state index in [-0.39, 0.29) is 5.50 Å². The highest BCUT2D eigenvalue weighted by Gasteiger charge is 2.02. The number of nitrogens with two attached hydrogens (primary N) is 2. The van der Waals surface area contributed by atoms with E-state index in [1.165, 1.54) is 19.3 Å². The number of nitrogens with one attached hydrogen (secondary N) is 1. The number of benzene rings is 2. The number of para-hydroxylation sites is 2. The zero-order chi connectivity index (χ0) is 18.5. The van der Waals surface area contributed by atoms with Gasteiger partial charge < -0.3 is 16.8 Å². The Morgan fingerprint density at radius 1 is 0.885 bits per heavy atom. The molecule has 2 aromatic rings. The third-order valence-electron chi connectivity index (χ3n) is 3.66. The number of amidine groups is 1. The first-order chi connectivity index (χ1) is 12.7. The summed E-state index contributed by atoms with van der Waals surface area (Å²) in [5.41, 5.74) is 14.0. The van der Waals surface area contributed by atoms with E-state index in [4.69, 9.17) is 11.5 Å². The van der Waals surface area contributed by atoms with Crippen LogP contribution in [0.1, 0.15) is 25.7 Å². The number of hydrogen-bond acceptors (Lipinski definition) is 5. The molecule has 2 rings (SSSR count). The largest absolute Gasteiger partial charge is 0.378 e. The molecule has 0 spiro atoms. The molecule has 0 fully saturated rings. The zero-order valence-electron chi connectivity index (χ0n) is 15.0. The predicted molar refractivity (Wildman–Crippen MR) is 119 cm³/mol. The molecular weight excluding hydrogens is 360 g/mol. The maximum absolute atomic E-state index is 6.09. The normalized spacial score (nSPS) is 12.7. The Morgan fingerprint density at radius 3 is 2.19 bits per heavy atom. The van der Waals surface area contributed by atoms with Gasteiger partial charge in [0.2, 0.25) is 0 Å². The number of rotatable bonds is 11. The first-order valence-corrected chi connectivity index (χ1v) is 11.0. The minimum atomic E-state index is -0.0537. The van der Waals surface area contributed by atoms with Crippen LogP contribution in [0.25, 0.3) is 0 Å². The summed E-state index contributed by atoms with van der Waals surface area (Å²) in [4.78, 5) is 4.39. The molecule has 0 heterocycles. The van der Waals surface area contributed by atoms with Crippen molar-refractivity contribution in [1.29, 1.82) is 0 Å². The van der Waals surface area contributed by atoms with E-state index >= 15 is 0 Å². The molecule has 0 saturated carbocycles. The van der Waals surface area contributed by atoms with Crippen molar-refractivity contribution in [1.82, 2.24) is 0 Å². The van der Waals surface area contributed by atoms with Gasteiger partial charge in [0.15, 0.2) is 5.17 Å². The third kappa shape index (κ3) is 9.17. The van der Waals surface area contributed by atoms with Gasteiger partial charge in [-0.15, -0.1) is 11.8 Å². The van der Waals surface area contributed by atoms with E-state index in [1.54, 1.807) is 23.5 Å². The summed E-state index contributed by atoms with van der Waals surface area (Å²) in [6.07, 6.45) is 4.79. The van der Waals surface area contributed by atoms with Crippen LogP contribution in [0.5, 0.6) is 0 Å². The molecule has 0 amide bonds. The predicted octanol–water partition coefficient (Wildman–Crippen LogP) is 5.01. The van der Waals surface area contributed by atoms with Crippen molar-refractivity contribution in [3.63, 3.8) is 0 Å². The van der Waals surface area contributed by atoms with Crippen LogP contribution in [0.3, 0.4) is 0 Å². The lowest BCUT2D eigenvalue weighted by molar-refractivity contribution is 0.711. The smallest absolute Gasteiger partial charge is 0.159 e. The first kappa shape index (κ1) is 20.7. The fraction of sp³-hybridized carbons (Fsp3) is 0.350. The van der Waals surface area contributed by atoms with Gasteiger partial charge in [-0.1, -0.05) is 61.0 Å². The third-order valence-corrected chi connectivity index (χ3v) is 5.55. The molecule has 2 aromatic carbocycles. The van der Waals surface area contributed by atoms with Crippen LogP contribution in [-0.4, -0.2) is 22.2 Å². The maximum atomic E-state index is 6.09. The number of thioether (sulfide) groups is 2. The standard InChI is InChI=1S/C20H28N4S2/c21-19(23-17-11-5-3-6-12-17)25-15-9-1-2-10-16-26-20(22)24-18-13-7-4-8-14-18/h3-8,11-14,19,23H,1-2,9-10,15-16,21H2,(H2,22,24). The van der Waals surface area contributed by atoms with Gasteiger partial charge in [0.05, 0.1) is 5.69 Å². The van der Waals surface area contributed by atoms with Crippen molar-refractivity contribution in [2.24, 2.45) is 16.5 Å². The van der Waals surface area contributed by atoms with E-state index < -0.39 is 0 Å². The molecule has 6 heteroatoms. The summed E-state index contributed by atoms with van der Waals surface area (Å²) in [5, 5.41) is 3.94. The fourth-order valence-electron chi connectivity index (χ4n) is 2.35. The number of anilines is 1. The van der Waals surface area contributed by atoms with Gasteiger partial charge in [0, 0.05) is 11.4 Å². The lowest BCUT2D eigenvalue weighted by Crippen LogP contribution is -2.26. The Kier molecular flexibility index (Phi) is 10.1. The van der Waals surface area contributed by atoms with Gasteiger partial charge in [-0.3, -0.25) is 0 Å². The quantitative estimate of drug-likeness (QED) is 0.218. The van der Waals surface area contributed by atoms with E-state index in [0.717, 1.165) is 29.3 Å². The van der Waals surface area contributed by atoms with Crippen molar-refractivity contribution < 1.29 is 0 Å². The number of unbranched alkanes of at least 4 members (excludes halogenated alkanes) is 3. The summed E-state index contributed by atoms with van der Waals surface area (Å²) >= 11 is 3.40. The summed E-state index contributed by atoms with van der Waals surface area (Å²) < 4.78 is 0. The highest BCUT2D eigenvalue weighted by atomic mass is 32.2. The van der Waals surface area contributed by atoms with Gasteiger partial charge in [0.25, 0.3) is 0 Å². The van der Waals surface area contributed by atoms with Crippen LogP contribution in [0, 0.1) is 0 Å². The van der Waals surface area contributed by atoms with Crippen LogP contribution >= 0.6 is 23.5 Å². The van der Waals surface area contributed by atoms with Crippen molar-refractivity contribution in [3.05, 3.63) is 60.7 Å². The van der Waals surface area contributed by atoms with E-state index in [2.05, 4.69) is 10.3 Å². The van der Waals surface area contributed by atoms with Crippen LogP contribution in [0.4, 0.5) is 11.4 Å². The molecule has 0 aliphatic carbocycles. The molecule has 0 aromatic heterocycles. The second kappa shape index (κ2) is 12.7. The van der Waals surface area contributed by atoms with Crippen molar-refractivity contribution in [2.75, 3.05) is 16.8 Å². The van der Waals surface area contributed by atoms with Gasteiger partial charge >= 0.3 is 0 Å². The van der Waals surface area contributed by atoms with E-state index in [9.17, 15) is 0 Å². The lowest BCUT2D eigenvalue weighted by atomic mass is 10.2. The monoisotopic (exact) mass is 388 g/mol. The Bertz CT molecular complexity index is 635. The summed E-state index contributed by atoms with van der Waals surface area (Å²) in [5.74, 6) is 2.09. The fourth-order valence-corrected chi connectivity index (χ4v) is 3.92. The zero-order valence-corrected chi connectivity index (χ0v) is 16.6. The Morgan fingerprint density at radius 2 is 1.50 bits per heavy atom. The van der Waals surface area contributed by atoms with Gasteiger partial charge in [-0.2, -0.15) is 0 Å². The molecule has 5 N–H and O–H groups in total. The molecule has 1 unspecified atom stereocenters. The summed E-state index contributed by atoms with van der Waals surface area (Å²) in [7, 11) is 0. The average molecular weight is 389 g/mol. The average Bonchev–Trinajstić information content (AvgIpc) is 2.65. The van der Waals surface area contributed by atoms with Gasteiger partial charge in [-0.25, -0.2) is 4.99 Å². The topological polar surface area (TPSA) is 76.4 Å². The van der Waals surface area contributed by atoms with Gasteiger partial charge in [0.1, 0.15) is 5.50 Å². The van der Waals surface area contributed by atoms with E-state index in [0.29, 0.717) is 5.17 Å². The molecule has 0 bridgehead atoms. The highest BCUT2D eigenvalue weighted by Crippen LogP contribution is 2.16. The van der Waals surface area contributed by atoms with Crippen molar-refractivity contribution in [2.45, 2.75) is 31.2 Å². The molecule has 0 aliphatic rings. The lowest BCUT2D eigenvalue weighted by Gasteiger charge is -2.14. The van der Waals surface area contributed by atoms with Crippen LogP contribution in [0.2, 0.25) is 0 Å². The van der Waals surface area contributed by atoms with Crippen molar-refractivity contribution in [3.8, 4) is 0 Å². The summed E-state index contributed by atoms with van der Waals surface area (Å²) in [6, 6.07) is 19.9. The van der Waals surface area contributed by atoms with Crippen LogP contribution in [0.15, 0.2) is 65.7 Å².